The predicted molar refractivity (Wildman–Crippen MR) is 105 cm³/mol. The average molecular weight is 340 g/mol. The molecule has 24 heavy (non-hydrogen) atoms. The van der Waals surface area contributed by atoms with Crippen LogP contribution >= 0.6 is 11.8 Å². The molecule has 126 valence electrons. The number of aromatic hydroxyl groups is 2. The summed E-state index contributed by atoms with van der Waals surface area (Å²) in [6.07, 6.45) is 9.03. The number of aryl methyl sites for hydroxylation is 1. The van der Waals surface area contributed by atoms with E-state index in [0.717, 1.165) is 28.0 Å². The van der Waals surface area contributed by atoms with Crippen LogP contribution in [0.4, 0.5) is 0 Å². The van der Waals surface area contributed by atoms with Gasteiger partial charge in [-0.05, 0) is 80.0 Å². The van der Waals surface area contributed by atoms with E-state index in [0.29, 0.717) is 5.75 Å². The van der Waals surface area contributed by atoms with Gasteiger partial charge in [0.15, 0.2) is 0 Å². The number of thioether (sulfide) groups is 1. The van der Waals surface area contributed by atoms with Crippen LogP contribution in [0.25, 0.3) is 12.2 Å². The van der Waals surface area contributed by atoms with E-state index in [2.05, 4.69) is 19.9 Å². The quantitative estimate of drug-likeness (QED) is 0.410. The van der Waals surface area contributed by atoms with Crippen LogP contribution in [0, 0.1) is 6.92 Å². The van der Waals surface area contributed by atoms with E-state index in [1.165, 1.54) is 22.9 Å². The molecule has 0 aromatic heterocycles. The number of benzene rings is 2. The minimum absolute atomic E-state index is 0.281. The standard InChI is InChI=1S/C21H24O2S/c1-14(2)5-9-19-15(3)11-18(22)13-17(19)8-6-16-7-10-20(23)21(12-16)24-4/h5-8,10-13,22-23H,9H2,1-4H3/b8-6+. The molecule has 0 aliphatic carbocycles. The zero-order valence-corrected chi connectivity index (χ0v) is 15.4. The first-order chi connectivity index (χ1) is 11.4. The molecule has 0 saturated heterocycles. The molecule has 0 spiro atoms. The third kappa shape index (κ3) is 4.68. The fourth-order valence-electron chi connectivity index (χ4n) is 2.54. The molecule has 0 aliphatic heterocycles. The Labute approximate surface area is 148 Å². The molecule has 2 aromatic rings. The highest BCUT2D eigenvalue weighted by Crippen LogP contribution is 2.29. The Morgan fingerprint density at radius 3 is 2.50 bits per heavy atom. The second kappa shape index (κ2) is 8.11. The monoisotopic (exact) mass is 340 g/mol. The van der Waals surface area contributed by atoms with Gasteiger partial charge in [0.2, 0.25) is 0 Å². The van der Waals surface area contributed by atoms with Crippen molar-refractivity contribution in [2.75, 3.05) is 6.26 Å². The summed E-state index contributed by atoms with van der Waals surface area (Å²) in [7, 11) is 0. The molecule has 2 rings (SSSR count). The lowest BCUT2D eigenvalue weighted by Gasteiger charge is -2.10. The molecule has 0 amide bonds. The number of hydrogen-bond donors (Lipinski definition) is 2. The SMILES string of the molecule is CSc1cc(/C=C/c2cc(O)cc(C)c2CC=C(C)C)ccc1O. The van der Waals surface area contributed by atoms with Crippen molar-refractivity contribution >= 4 is 23.9 Å². The lowest BCUT2D eigenvalue weighted by atomic mass is 9.97. The van der Waals surface area contributed by atoms with Crippen LogP contribution in [0.5, 0.6) is 11.5 Å². The third-order valence-corrected chi connectivity index (χ3v) is 4.63. The third-order valence-electron chi connectivity index (χ3n) is 3.87. The second-order valence-electron chi connectivity index (χ2n) is 6.08. The first kappa shape index (κ1) is 18.2. The van der Waals surface area contributed by atoms with Gasteiger partial charge >= 0.3 is 0 Å². The molecule has 0 fully saturated rings. The molecule has 0 atom stereocenters. The van der Waals surface area contributed by atoms with Crippen LogP contribution < -0.4 is 0 Å². The van der Waals surface area contributed by atoms with Crippen LogP contribution in [0.1, 0.15) is 36.1 Å². The Bertz CT molecular complexity index is 785. The van der Waals surface area contributed by atoms with Crippen molar-refractivity contribution in [2.24, 2.45) is 0 Å². The van der Waals surface area contributed by atoms with Crippen molar-refractivity contribution in [1.29, 1.82) is 0 Å². The number of phenolic OH excluding ortho intramolecular Hbond substituents is 2. The van der Waals surface area contributed by atoms with E-state index in [1.54, 1.807) is 18.2 Å². The normalized spacial score (nSPS) is 11.0. The highest BCUT2D eigenvalue weighted by Gasteiger charge is 2.06. The molecule has 0 aliphatic rings. The minimum atomic E-state index is 0.281. The van der Waals surface area contributed by atoms with Crippen LogP contribution in [0.15, 0.2) is 46.9 Å². The van der Waals surface area contributed by atoms with Gasteiger partial charge in [0.1, 0.15) is 11.5 Å². The van der Waals surface area contributed by atoms with Crippen molar-refractivity contribution in [3.8, 4) is 11.5 Å². The van der Waals surface area contributed by atoms with Crippen LogP contribution in [-0.4, -0.2) is 16.5 Å². The maximum absolute atomic E-state index is 9.93. The smallest absolute Gasteiger partial charge is 0.129 e. The van der Waals surface area contributed by atoms with E-state index in [4.69, 9.17) is 0 Å². The van der Waals surface area contributed by atoms with Gasteiger partial charge in [-0.2, -0.15) is 0 Å². The molecule has 0 heterocycles. The van der Waals surface area contributed by atoms with Crippen molar-refractivity contribution in [1.82, 2.24) is 0 Å². The first-order valence-electron chi connectivity index (χ1n) is 7.91. The summed E-state index contributed by atoms with van der Waals surface area (Å²) in [6, 6.07) is 9.16. The van der Waals surface area contributed by atoms with Gasteiger partial charge in [0.25, 0.3) is 0 Å². The highest BCUT2D eigenvalue weighted by molar-refractivity contribution is 7.98. The molecule has 2 nitrogen and oxygen atoms in total. The molecule has 0 radical (unpaired) electrons. The molecule has 0 unspecified atom stereocenters. The molecule has 0 bridgehead atoms. The molecule has 3 heteroatoms. The van der Waals surface area contributed by atoms with Gasteiger partial charge in [0, 0.05) is 4.90 Å². The topological polar surface area (TPSA) is 40.5 Å². The average Bonchev–Trinajstić information content (AvgIpc) is 2.52. The lowest BCUT2D eigenvalue weighted by Crippen LogP contribution is -1.92. The van der Waals surface area contributed by atoms with Crippen molar-refractivity contribution in [3.63, 3.8) is 0 Å². The maximum Gasteiger partial charge on any atom is 0.129 e. The molecule has 2 aromatic carbocycles. The zero-order valence-electron chi connectivity index (χ0n) is 14.6. The highest BCUT2D eigenvalue weighted by atomic mass is 32.2. The lowest BCUT2D eigenvalue weighted by molar-refractivity contribution is 0.462. The maximum atomic E-state index is 9.93. The summed E-state index contributed by atoms with van der Waals surface area (Å²) >= 11 is 1.52. The van der Waals surface area contributed by atoms with Crippen LogP contribution in [0.2, 0.25) is 0 Å². The van der Waals surface area contributed by atoms with E-state index in [1.807, 2.05) is 37.5 Å². The van der Waals surface area contributed by atoms with Crippen LogP contribution in [-0.2, 0) is 6.42 Å². The van der Waals surface area contributed by atoms with Gasteiger partial charge < -0.3 is 10.2 Å². The van der Waals surface area contributed by atoms with Crippen molar-refractivity contribution in [2.45, 2.75) is 32.1 Å². The van der Waals surface area contributed by atoms with Gasteiger partial charge in [0.05, 0.1) is 0 Å². The summed E-state index contributed by atoms with van der Waals surface area (Å²) in [6.45, 7) is 6.20. The number of rotatable bonds is 5. The summed E-state index contributed by atoms with van der Waals surface area (Å²) < 4.78 is 0. The van der Waals surface area contributed by atoms with Gasteiger partial charge in [-0.25, -0.2) is 0 Å². The van der Waals surface area contributed by atoms with Gasteiger partial charge in [-0.15, -0.1) is 11.8 Å². The molecular formula is C21H24O2S. The molecule has 2 N–H and O–H groups in total. The summed E-state index contributed by atoms with van der Waals surface area (Å²) in [5, 5.41) is 19.7. The Morgan fingerprint density at radius 1 is 1.08 bits per heavy atom. The van der Waals surface area contributed by atoms with Gasteiger partial charge in [-0.1, -0.05) is 29.9 Å². The minimum Gasteiger partial charge on any atom is -0.508 e. The van der Waals surface area contributed by atoms with Crippen LogP contribution in [0.3, 0.4) is 0 Å². The fourth-order valence-corrected chi connectivity index (χ4v) is 3.07. The largest absolute Gasteiger partial charge is 0.508 e. The van der Waals surface area contributed by atoms with E-state index >= 15 is 0 Å². The second-order valence-corrected chi connectivity index (χ2v) is 6.93. The first-order valence-corrected chi connectivity index (χ1v) is 9.14. The Kier molecular flexibility index (Phi) is 6.16. The number of hydrogen-bond acceptors (Lipinski definition) is 3. The summed E-state index contributed by atoms with van der Waals surface area (Å²) in [5.74, 6) is 0.584. The number of allylic oxidation sites excluding steroid dienone is 2. The fraction of sp³-hybridized carbons (Fsp3) is 0.238. The summed E-state index contributed by atoms with van der Waals surface area (Å²) in [5.41, 5.74) is 5.62. The zero-order chi connectivity index (χ0) is 17.7. The van der Waals surface area contributed by atoms with Gasteiger partial charge in [-0.3, -0.25) is 0 Å². The van der Waals surface area contributed by atoms with E-state index < -0.39 is 0 Å². The predicted octanol–water partition coefficient (Wildman–Crippen LogP) is 5.81. The van der Waals surface area contributed by atoms with Crippen molar-refractivity contribution < 1.29 is 10.2 Å². The summed E-state index contributed by atoms with van der Waals surface area (Å²) in [4.78, 5) is 0.856. The Balaban J connectivity index is 2.39. The molecule has 0 saturated carbocycles. The van der Waals surface area contributed by atoms with E-state index in [-0.39, 0.29) is 5.75 Å². The Morgan fingerprint density at radius 2 is 1.83 bits per heavy atom. The number of phenols is 2. The molecular weight excluding hydrogens is 316 g/mol. The van der Waals surface area contributed by atoms with Crippen molar-refractivity contribution in [3.05, 3.63) is 64.2 Å². The Hall–Kier alpha value is -2.13. The van der Waals surface area contributed by atoms with E-state index in [9.17, 15) is 10.2 Å².